The second-order valence-electron chi connectivity index (χ2n) is 5.22. The minimum Gasteiger partial charge on any atom is -0.481 e. The molecule has 110 valence electrons. The molecule has 0 aliphatic carbocycles. The summed E-state index contributed by atoms with van der Waals surface area (Å²) in [6.45, 7) is 5.38. The van der Waals surface area contributed by atoms with E-state index in [1.54, 1.807) is 20.8 Å². The Bertz CT molecular complexity index is 341. The van der Waals surface area contributed by atoms with E-state index in [0.29, 0.717) is 0 Å². The number of carboxylic acids is 1. The smallest absolute Gasteiger partial charge is 0.321 e. The Morgan fingerprint density at radius 3 is 2.32 bits per heavy atom. The van der Waals surface area contributed by atoms with Crippen LogP contribution >= 0.6 is 0 Å². The van der Waals surface area contributed by atoms with Crippen molar-refractivity contribution in [2.24, 2.45) is 5.41 Å². The number of carbonyl (C=O) groups excluding carboxylic acids is 2. The molecule has 0 bridgehead atoms. The number of amides is 3. The van der Waals surface area contributed by atoms with Gasteiger partial charge in [-0.25, -0.2) is 4.79 Å². The molecule has 0 aliphatic rings. The molecule has 0 aromatic rings. The second kappa shape index (κ2) is 7.73. The van der Waals surface area contributed by atoms with E-state index < -0.39 is 23.3 Å². The molecule has 1 atom stereocenters. The van der Waals surface area contributed by atoms with Crippen molar-refractivity contribution in [2.45, 2.75) is 39.7 Å². The van der Waals surface area contributed by atoms with Gasteiger partial charge >= 0.3 is 12.0 Å². The Labute approximate surface area is 112 Å². The molecule has 0 saturated heterocycles. The molecule has 0 saturated carbocycles. The molecule has 0 rings (SSSR count). The number of hydrogen-bond acceptors (Lipinski definition) is 4. The zero-order valence-electron chi connectivity index (χ0n) is 11.8. The molecule has 7 nitrogen and oxygen atoms in total. The SMILES string of the molecule is COC(C)CNC(=O)NC(=O)CC(C)(C)CC(=O)O. The quantitative estimate of drug-likeness (QED) is 0.635. The lowest BCUT2D eigenvalue weighted by Crippen LogP contribution is -2.43. The fourth-order valence-electron chi connectivity index (χ4n) is 1.44. The zero-order chi connectivity index (χ0) is 15.1. The zero-order valence-corrected chi connectivity index (χ0v) is 11.8. The lowest BCUT2D eigenvalue weighted by Gasteiger charge is -2.21. The number of urea groups is 1. The van der Waals surface area contributed by atoms with Crippen LogP contribution in [0.2, 0.25) is 0 Å². The molecule has 0 aliphatic heterocycles. The number of imide groups is 1. The summed E-state index contributed by atoms with van der Waals surface area (Å²) in [4.78, 5) is 33.5. The van der Waals surface area contributed by atoms with Crippen LogP contribution in [0.25, 0.3) is 0 Å². The van der Waals surface area contributed by atoms with Gasteiger partial charge in [-0.3, -0.25) is 14.9 Å². The number of rotatable bonds is 7. The van der Waals surface area contributed by atoms with E-state index in [4.69, 9.17) is 9.84 Å². The number of methoxy groups -OCH3 is 1. The highest BCUT2D eigenvalue weighted by Crippen LogP contribution is 2.24. The number of ether oxygens (including phenoxy) is 1. The van der Waals surface area contributed by atoms with Gasteiger partial charge in [0.2, 0.25) is 5.91 Å². The van der Waals surface area contributed by atoms with Crippen LogP contribution in [-0.2, 0) is 14.3 Å². The summed E-state index contributed by atoms with van der Waals surface area (Å²) in [5, 5.41) is 13.3. The fraction of sp³-hybridized carbons (Fsp3) is 0.750. The van der Waals surface area contributed by atoms with Crippen LogP contribution in [-0.4, -0.2) is 42.8 Å². The van der Waals surface area contributed by atoms with Gasteiger partial charge in [0, 0.05) is 20.1 Å². The molecule has 7 heteroatoms. The molecule has 3 amide bonds. The molecule has 0 heterocycles. The Balaban J connectivity index is 4.10. The summed E-state index contributed by atoms with van der Waals surface area (Å²) in [6, 6.07) is -0.611. The van der Waals surface area contributed by atoms with Gasteiger partial charge in [0.25, 0.3) is 0 Å². The van der Waals surface area contributed by atoms with Crippen LogP contribution in [0.5, 0.6) is 0 Å². The predicted molar refractivity (Wildman–Crippen MR) is 68.7 cm³/mol. The summed E-state index contributed by atoms with van der Waals surface area (Å²) >= 11 is 0. The molecule has 1 unspecified atom stereocenters. The van der Waals surface area contributed by atoms with Crippen molar-refractivity contribution < 1.29 is 24.2 Å². The Morgan fingerprint density at radius 2 is 1.84 bits per heavy atom. The maximum atomic E-state index is 11.6. The monoisotopic (exact) mass is 274 g/mol. The van der Waals surface area contributed by atoms with Crippen molar-refractivity contribution in [3.05, 3.63) is 0 Å². The van der Waals surface area contributed by atoms with E-state index in [1.807, 2.05) is 0 Å². The van der Waals surface area contributed by atoms with Crippen LogP contribution in [0.3, 0.4) is 0 Å². The van der Waals surface area contributed by atoms with Crippen molar-refractivity contribution in [1.82, 2.24) is 10.6 Å². The summed E-state index contributed by atoms with van der Waals surface area (Å²) in [5.41, 5.74) is -0.698. The largest absolute Gasteiger partial charge is 0.481 e. The van der Waals surface area contributed by atoms with E-state index in [2.05, 4.69) is 10.6 Å². The lowest BCUT2D eigenvalue weighted by molar-refractivity contribution is -0.139. The maximum absolute atomic E-state index is 11.6. The van der Waals surface area contributed by atoms with Crippen molar-refractivity contribution >= 4 is 17.9 Å². The third-order valence-electron chi connectivity index (χ3n) is 2.47. The van der Waals surface area contributed by atoms with Gasteiger partial charge in [-0.05, 0) is 12.3 Å². The number of nitrogens with one attached hydrogen (secondary N) is 2. The summed E-state index contributed by atoms with van der Waals surface area (Å²) in [6.07, 6.45) is -0.320. The summed E-state index contributed by atoms with van der Waals surface area (Å²) in [7, 11) is 1.52. The first-order valence-corrected chi connectivity index (χ1v) is 5.98. The van der Waals surface area contributed by atoms with Gasteiger partial charge in [-0.15, -0.1) is 0 Å². The van der Waals surface area contributed by atoms with Gasteiger partial charge in [-0.1, -0.05) is 13.8 Å². The van der Waals surface area contributed by atoms with E-state index in [0.717, 1.165) is 0 Å². The van der Waals surface area contributed by atoms with Crippen molar-refractivity contribution in [3.63, 3.8) is 0 Å². The molecule has 19 heavy (non-hydrogen) atoms. The van der Waals surface area contributed by atoms with Gasteiger partial charge in [0.1, 0.15) is 0 Å². The van der Waals surface area contributed by atoms with Crippen LogP contribution < -0.4 is 10.6 Å². The Kier molecular flexibility index (Phi) is 7.06. The fourth-order valence-corrected chi connectivity index (χ4v) is 1.44. The predicted octanol–water partition coefficient (Wildman–Crippen LogP) is 0.738. The van der Waals surface area contributed by atoms with Crippen molar-refractivity contribution in [2.75, 3.05) is 13.7 Å². The second-order valence-corrected chi connectivity index (χ2v) is 5.22. The Morgan fingerprint density at radius 1 is 1.26 bits per heavy atom. The highest BCUT2D eigenvalue weighted by molar-refractivity contribution is 5.94. The number of carbonyl (C=O) groups is 3. The third-order valence-corrected chi connectivity index (χ3v) is 2.47. The van der Waals surface area contributed by atoms with Crippen LogP contribution in [0, 0.1) is 5.41 Å². The van der Waals surface area contributed by atoms with Gasteiger partial charge in [-0.2, -0.15) is 0 Å². The van der Waals surface area contributed by atoms with Crippen molar-refractivity contribution in [1.29, 1.82) is 0 Å². The molecule has 3 N–H and O–H groups in total. The lowest BCUT2D eigenvalue weighted by atomic mass is 9.85. The van der Waals surface area contributed by atoms with Crippen LogP contribution in [0.15, 0.2) is 0 Å². The molecule has 0 fully saturated rings. The first-order chi connectivity index (χ1) is 8.66. The normalized spacial score (nSPS) is 12.6. The molecule has 0 aromatic carbocycles. The van der Waals surface area contributed by atoms with Gasteiger partial charge in [0.15, 0.2) is 0 Å². The standard InChI is InChI=1S/C12H22N2O5/c1-8(19-4)7-13-11(18)14-9(15)5-12(2,3)6-10(16)17/h8H,5-7H2,1-4H3,(H,16,17)(H2,13,14,15,18). The van der Waals surface area contributed by atoms with E-state index in [-0.39, 0.29) is 25.5 Å². The topological polar surface area (TPSA) is 105 Å². The van der Waals surface area contributed by atoms with Crippen LogP contribution in [0.1, 0.15) is 33.6 Å². The highest BCUT2D eigenvalue weighted by atomic mass is 16.5. The molecular formula is C12H22N2O5. The average molecular weight is 274 g/mol. The first-order valence-electron chi connectivity index (χ1n) is 5.98. The number of hydrogen-bond donors (Lipinski definition) is 3. The number of aliphatic carboxylic acids is 1. The maximum Gasteiger partial charge on any atom is 0.321 e. The average Bonchev–Trinajstić information content (AvgIpc) is 2.22. The minimum atomic E-state index is -0.976. The van der Waals surface area contributed by atoms with Crippen LogP contribution in [0.4, 0.5) is 4.79 Å². The number of carboxylic acid groups (broad SMARTS) is 1. The van der Waals surface area contributed by atoms with Gasteiger partial charge in [0.05, 0.1) is 12.5 Å². The van der Waals surface area contributed by atoms with Crippen molar-refractivity contribution in [3.8, 4) is 0 Å². The molecule has 0 spiro atoms. The Hall–Kier alpha value is -1.63. The van der Waals surface area contributed by atoms with E-state index >= 15 is 0 Å². The van der Waals surface area contributed by atoms with Gasteiger partial charge < -0.3 is 15.2 Å². The van der Waals surface area contributed by atoms with E-state index in [9.17, 15) is 14.4 Å². The van der Waals surface area contributed by atoms with E-state index in [1.165, 1.54) is 7.11 Å². The highest BCUT2D eigenvalue weighted by Gasteiger charge is 2.25. The molecule has 0 aromatic heterocycles. The summed E-state index contributed by atoms with van der Waals surface area (Å²) < 4.78 is 4.94. The molecule has 0 radical (unpaired) electrons. The third kappa shape index (κ3) is 9.01. The molecular weight excluding hydrogens is 252 g/mol. The summed E-state index contributed by atoms with van der Waals surface area (Å²) in [5.74, 6) is -1.48. The first kappa shape index (κ1) is 17.4. The minimum absolute atomic E-state index is 0.0352.